The third kappa shape index (κ3) is 7.07. The highest BCUT2D eigenvalue weighted by Gasteiger charge is 2.37. The highest BCUT2D eigenvalue weighted by molar-refractivity contribution is 5.67. The largest absolute Gasteiger partial charge is 0.465 e. The summed E-state index contributed by atoms with van der Waals surface area (Å²) in [5.74, 6) is -0.540. The van der Waals surface area contributed by atoms with E-state index in [4.69, 9.17) is 15.3 Å². The monoisotopic (exact) mass is 333 g/mol. The van der Waals surface area contributed by atoms with Gasteiger partial charge in [-0.2, -0.15) is 0 Å². The summed E-state index contributed by atoms with van der Waals surface area (Å²) in [5, 5.41) is 34.1. The van der Waals surface area contributed by atoms with Crippen LogP contribution in [-0.4, -0.2) is 51.7 Å². The van der Waals surface area contributed by atoms with Crippen LogP contribution in [0.2, 0.25) is 0 Å². The average Bonchev–Trinajstić information content (AvgIpc) is 2.42. The number of hydrogen-bond donors (Lipinski definition) is 6. The molecule has 0 fully saturated rings. The summed E-state index contributed by atoms with van der Waals surface area (Å²) >= 11 is 0. The van der Waals surface area contributed by atoms with Gasteiger partial charge in [0.1, 0.15) is 0 Å². The summed E-state index contributed by atoms with van der Waals surface area (Å²) in [6, 6.07) is -1.97. The van der Waals surface area contributed by atoms with Crippen molar-refractivity contribution in [3.63, 3.8) is 0 Å². The van der Waals surface area contributed by atoms with Crippen molar-refractivity contribution < 1.29 is 29.7 Å². The lowest BCUT2D eigenvalue weighted by Crippen LogP contribution is -2.60. The van der Waals surface area contributed by atoms with Crippen molar-refractivity contribution in [2.24, 2.45) is 11.8 Å². The second-order valence-electron chi connectivity index (χ2n) is 5.65. The number of carboxylic acid groups (broad SMARTS) is 3. The molecule has 0 aliphatic carbocycles. The van der Waals surface area contributed by atoms with Crippen molar-refractivity contribution in [2.75, 3.05) is 0 Å². The molecule has 0 aliphatic heterocycles. The van der Waals surface area contributed by atoms with Crippen LogP contribution in [0.1, 0.15) is 40.5 Å². The average molecular weight is 333 g/mol. The maximum absolute atomic E-state index is 11.2. The van der Waals surface area contributed by atoms with Crippen LogP contribution in [0.15, 0.2) is 0 Å². The van der Waals surface area contributed by atoms with Gasteiger partial charge in [-0.1, -0.05) is 27.2 Å². The van der Waals surface area contributed by atoms with E-state index in [2.05, 4.69) is 16.0 Å². The van der Waals surface area contributed by atoms with E-state index in [1.165, 1.54) is 0 Å². The normalized spacial score (nSPS) is 17.2. The predicted octanol–water partition coefficient (Wildman–Crippen LogP) is 1.99. The molecule has 134 valence electrons. The summed E-state index contributed by atoms with van der Waals surface area (Å²) in [4.78, 5) is 33.1. The maximum atomic E-state index is 11.2. The molecule has 6 N–H and O–H groups in total. The fourth-order valence-corrected chi connectivity index (χ4v) is 2.81. The minimum Gasteiger partial charge on any atom is -0.465 e. The lowest BCUT2D eigenvalue weighted by atomic mass is 9.80. The van der Waals surface area contributed by atoms with E-state index < -0.39 is 42.3 Å². The first-order valence-electron chi connectivity index (χ1n) is 7.62. The maximum Gasteiger partial charge on any atom is 0.404 e. The molecule has 0 rings (SSSR count). The highest BCUT2D eigenvalue weighted by atomic mass is 16.4. The van der Waals surface area contributed by atoms with Crippen LogP contribution in [0.3, 0.4) is 0 Å². The molecule has 9 heteroatoms. The summed E-state index contributed by atoms with van der Waals surface area (Å²) < 4.78 is 0. The van der Waals surface area contributed by atoms with Gasteiger partial charge in [0.25, 0.3) is 0 Å². The second kappa shape index (κ2) is 9.75. The molecular formula is C14H27N3O6. The minimum absolute atomic E-state index is 0.131. The zero-order valence-electron chi connectivity index (χ0n) is 13.9. The Labute approximate surface area is 135 Å². The zero-order valence-corrected chi connectivity index (χ0v) is 13.9. The van der Waals surface area contributed by atoms with E-state index in [0.717, 1.165) is 0 Å². The number of rotatable bonds is 9. The molecule has 5 atom stereocenters. The third-order valence-corrected chi connectivity index (χ3v) is 4.15. The van der Waals surface area contributed by atoms with E-state index >= 15 is 0 Å². The minimum atomic E-state index is -1.28. The number of amides is 3. The van der Waals surface area contributed by atoms with Crippen LogP contribution in [0.5, 0.6) is 0 Å². The molecule has 23 heavy (non-hydrogen) atoms. The summed E-state index contributed by atoms with van der Waals surface area (Å²) in [6.45, 7) is 7.13. The van der Waals surface area contributed by atoms with Gasteiger partial charge in [-0.05, 0) is 19.3 Å². The molecule has 3 amide bonds. The molecule has 0 aliphatic rings. The van der Waals surface area contributed by atoms with E-state index in [1.54, 1.807) is 13.8 Å². The van der Waals surface area contributed by atoms with Crippen LogP contribution in [-0.2, 0) is 0 Å². The van der Waals surface area contributed by atoms with E-state index in [1.807, 2.05) is 13.8 Å². The third-order valence-electron chi connectivity index (χ3n) is 4.15. The lowest BCUT2D eigenvalue weighted by molar-refractivity contribution is 0.139. The molecule has 0 aromatic heterocycles. The Morgan fingerprint density at radius 3 is 1.57 bits per heavy atom. The molecule has 0 spiro atoms. The first-order chi connectivity index (χ1) is 10.6. The molecule has 0 bridgehead atoms. The number of nitrogens with one attached hydrogen (secondary N) is 3. The number of carbonyl (C=O) groups is 3. The standard InChI is InChI=1S/C14H27N3O6/c1-5-7(3)10(16-13(20)21)11(17-14(22)23)9(6-2)8(4)15-12(18)19/h7-11,15-17H,5-6H2,1-4H3,(H,18,19)(H,20,21)(H,22,23). The van der Waals surface area contributed by atoms with E-state index in [-0.39, 0.29) is 5.92 Å². The fourth-order valence-electron chi connectivity index (χ4n) is 2.81. The molecule has 9 nitrogen and oxygen atoms in total. The van der Waals surface area contributed by atoms with Crippen molar-refractivity contribution >= 4 is 18.3 Å². The second-order valence-corrected chi connectivity index (χ2v) is 5.65. The van der Waals surface area contributed by atoms with Gasteiger partial charge in [0, 0.05) is 12.0 Å². The van der Waals surface area contributed by atoms with Gasteiger partial charge in [-0.15, -0.1) is 0 Å². The Kier molecular flexibility index (Phi) is 8.82. The Morgan fingerprint density at radius 1 is 0.783 bits per heavy atom. The fraction of sp³-hybridized carbons (Fsp3) is 0.786. The van der Waals surface area contributed by atoms with E-state index in [9.17, 15) is 14.4 Å². The summed E-state index contributed by atoms with van der Waals surface area (Å²) in [7, 11) is 0. The molecular weight excluding hydrogens is 306 g/mol. The predicted molar refractivity (Wildman–Crippen MR) is 83.8 cm³/mol. The van der Waals surface area contributed by atoms with Gasteiger partial charge in [-0.3, -0.25) is 0 Å². The van der Waals surface area contributed by atoms with Crippen molar-refractivity contribution in [3.8, 4) is 0 Å². The Balaban J connectivity index is 5.58. The van der Waals surface area contributed by atoms with Crippen LogP contribution < -0.4 is 16.0 Å². The van der Waals surface area contributed by atoms with Crippen LogP contribution in [0, 0.1) is 11.8 Å². The molecule has 0 saturated carbocycles. The quantitative estimate of drug-likeness (QED) is 0.380. The van der Waals surface area contributed by atoms with Crippen molar-refractivity contribution in [2.45, 2.75) is 58.7 Å². The molecule has 0 saturated heterocycles. The molecule has 0 heterocycles. The van der Waals surface area contributed by atoms with Gasteiger partial charge in [0.15, 0.2) is 0 Å². The Bertz CT molecular complexity index is 417. The van der Waals surface area contributed by atoms with Crippen LogP contribution >= 0.6 is 0 Å². The van der Waals surface area contributed by atoms with E-state index in [0.29, 0.717) is 12.8 Å². The van der Waals surface area contributed by atoms with Crippen molar-refractivity contribution in [1.29, 1.82) is 0 Å². The highest BCUT2D eigenvalue weighted by Crippen LogP contribution is 2.23. The molecule has 0 aromatic carbocycles. The topological polar surface area (TPSA) is 148 Å². The molecule has 5 unspecified atom stereocenters. The zero-order chi connectivity index (χ0) is 18.2. The lowest BCUT2D eigenvalue weighted by Gasteiger charge is -2.38. The van der Waals surface area contributed by atoms with Crippen LogP contribution in [0.25, 0.3) is 0 Å². The smallest absolute Gasteiger partial charge is 0.404 e. The molecule has 0 aromatic rings. The molecule has 0 radical (unpaired) electrons. The first-order valence-corrected chi connectivity index (χ1v) is 7.62. The SMILES string of the molecule is CCC(C)C(NC(=O)O)C(NC(=O)O)C(CC)C(C)NC(=O)O. The first kappa shape index (κ1) is 20.8. The summed E-state index contributed by atoms with van der Waals surface area (Å²) in [5.41, 5.74) is 0. The van der Waals surface area contributed by atoms with Crippen molar-refractivity contribution in [1.82, 2.24) is 16.0 Å². The Morgan fingerprint density at radius 2 is 1.22 bits per heavy atom. The van der Waals surface area contributed by atoms with Gasteiger partial charge in [-0.25, -0.2) is 14.4 Å². The Hall–Kier alpha value is -2.19. The van der Waals surface area contributed by atoms with Gasteiger partial charge < -0.3 is 31.3 Å². The van der Waals surface area contributed by atoms with Crippen LogP contribution in [0.4, 0.5) is 14.4 Å². The number of hydrogen-bond acceptors (Lipinski definition) is 3. The van der Waals surface area contributed by atoms with Gasteiger partial charge in [0.2, 0.25) is 0 Å². The van der Waals surface area contributed by atoms with Gasteiger partial charge >= 0.3 is 18.3 Å². The summed E-state index contributed by atoms with van der Waals surface area (Å²) in [6.07, 6.45) is -2.63. The van der Waals surface area contributed by atoms with Gasteiger partial charge in [0.05, 0.1) is 12.1 Å². The van der Waals surface area contributed by atoms with Crippen molar-refractivity contribution in [3.05, 3.63) is 0 Å².